The summed E-state index contributed by atoms with van der Waals surface area (Å²) in [5.41, 5.74) is 1.68. The van der Waals surface area contributed by atoms with E-state index >= 15 is 0 Å². The molecule has 0 aliphatic rings. The van der Waals surface area contributed by atoms with E-state index < -0.39 is 0 Å². The summed E-state index contributed by atoms with van der Waals surface area (Å²) in [4.78, 5) is 16.2. The normalized spacial score (nSPS) is 10.3. The van der Waals surface area contributed by atoms with Crippen molar-refractivity contribution in [3.63, 3.8) is 0 Å². The minimum atomic E-state index is 0.168. The molecule has 0 aliphatic heterocycles. The molecule has 0 saturated heterocycles. The van der Waals surface area contributed by atoms with Gasteiger partial charge in [0.1, 0.15) is 0 Å². The standard InChI is InChI=1S/C10H10N2OS/c13-9(10-7-11-8-14-10)3-6-12-4-1-2-5-12/h1-2,4-5,7-8H,3,6H2. The second kappa shape index (κ2) is 4.19. The predicted molar refractivity (Wildman–Crippen MR) is 55.5 cm³/mol. The van der Waals surface area contributed by atoms with Crippen molar-refractivity contribution in [1.82, 2.24) is 9.55 Å². The van der Waals surface area contributed by atoms with Crippen molar-refractivity contribution >= 4 is 17.1 Å². The van der Waals surface area contributed by atoms with Crippen molar-refractivity contribution in [3.8, 4) is 0 Å². The second-order valence-corrected chi connectivity index (χ2v) is 3.85. The first-order valence-electron chi connectivity index (χ1n) is 4.39. The molecule has 72 valence electrons. The zero-order chi connectivity index (χ0) is 9.80. The van der Waals surface area contributed by atoms with Gasteiger partial charge in [0.25, 0.3) is 0 Å². The maximum absolute atomic E-state index is 11.6. The zero-order valence-corrected chi connectivity index (χ0v) is 8.41. The molecule has 0 saturated carbocycles. The van der Waals surface area contributed by atoms with Gasteiger partial charge in [0.2, 0.25) is 0 Å². The highest BCUT2D eigenvalue weighted by Crippen LogP contribution is 2.09. The molecule has 0 radical (unpaired) electrons. The third-order valence-corrected chi connectivity index (χ3v) is 2.78. The van der Waals surface area contributed by atoms with Crippen LogP contribution in [0.25, 0.3) is 0 Å². The van der Waals surface area contributed by atoms with Gasteiger partial charge in [0, 0.05) is 31.6 Å². The Labute approximate surface area is 86.0 Å². The van der Waals surface area contributed by atoms with E-state index in [4.69, 9.17) is 0 Å². The molecule has 0 atom stereocenters. The largest absolute Gasteiger partial charge is 0.354 e. The molecule has 14 heavy (non-hydrogen) atoms. The van der Waals surface area contributed by atoms with Gasteiger partial charge >= 0.3 is 0 Å². The molecule has 0 N–H and O–H groups in total. The van der Waals surface area contributed by atoms with Crippen LogP contribution in [0, 0.1) is 0 Å². The first kappa shape index (κ1) is 9.15. The fourth-order valence-electron chi connectivity index (χ4n) is 1.23. The quantitative estimate of drug-likeness (QED) is 0.719. The molecule has 0 aromatic carbocycles. The number of Topliss-reactive ketones (excluding diaryl/α,β-unsaturated/α-hetero) is 1. The first-order valence-corrected chi connectivity index (χ1v) is 5.26. The van der Waals surface area contributed by atoms with Gasteiger partial charge < -0.3 is 4.57 Å². The summed E-state index contributed by atoms with van der Waals surface area (Å²) in [5, 5.41) is 0. The van der Waals surface area contributed by atoms with E-state index in [1.54, 1.807) is 11.7 Å². The molecule has 0 bridgehead atoms. The van der Waals surface area contributed by atoms with Crippen molar-refractivity contribution in [2.75, 3.05) is 0 Å². The molecule has 0 aliphatic carbocycles. The fraction of sp³-hybridized carbons (Fsp3) is 0.200. The average Bonchev–Trinajstić information content (AvgIpc) is 2.87. The van der Waals surface area contributed by atoms with E-state index in [0.29, 0.717) is 6.42 Å². The number of aromatic nitrogens is 2. The molecule has 3 nitrogen and oxygen atoms in total. The molecule has 2 aromatic heterocycles. The van der Waals surface area contributed by atoms with Crippen molar-refractivity contribution in [1.29, 1.82) is 0 Å². The Morgan fingerprint density at radius 1 is 1.43 bits per heavy atom. The molecule has 0 spiro atoms. The number of nitrogens with zero attached hydrogens (tertiary/aromatic N) is 2. The topological polar surface area (TPSA) is 34.9 Å². The summed E-state index contributed by atoms with van der Waals surface area (Å²) in [5.74, 6) is 0.168. The van der Waals surface area contributed by atoms with Gasteiger partial charge in [-0.05, 0) is 12.1 Å². The molecule has 4 heteroatoms. The number of hydrogen-bond acceptors (Lipinski definition) is 3. The monoisotopic (exact) mass is 206 g/mol. The lowest BCUT2D eigenvalue weighted by molar-refractivity contribution is 0.0981. The first-order chi connectivity index (χ1) is 6.86. The molecule has 0 unspecified atom stereocenters. The second-order valence-electron chi connectivity index (χ2n) is 2.96. The molecule has 0 amide bonds. The van der Waals surface area contributed by atoms with Crippen LogP contribution in [0.5, 0.6) is 0 Å². The third-order valence-electron chi connectivity index (χ3n) is 1.97. The third kappa shape index (κ3) is 2.09. The zero-order valence-electron chi connectivity index (χ0n) is 7.59. The smallest absolute Gasteiger partial charge is 0.176 e. The average molecular weight is 206 g/mol. The maximum atomic E-state index is 11.6. The van der Waals surface area contributed by atoms with E-state index in [1.807, 2.05) is 29.1 Å². The maximum Gasteiger partial charge on any atom is 0.176 e. The van der Waals surface area contributed by atoms with Crippen LogP contribution in [0.1, 0.15) is 16.1 Å². The number of aryl methyl sites for hydroxylation is 1. The Bertz CT molecular complexity index is 392. The van der Waals surface area contributed by atoms with Gasteiger partial charge in [0.05, 0.1) is 10.4 Å². The van der Waals surface area contributed by atoms with Crippen LogP contribution in [0.2, 0.25) is 0 Å². The Balaban J connectivity index is 1.90. The van der Waals surface area contributed by atoms with E-state index in [1.165, 1.54) is 11.3 Å². The van der Waals surface area contributed by atoms with Gasteiger partial charge in [-0.3, -0.25) is 9.78 Å². The Morgan fingerprint density at radius 3 is 2.86 bits per heavy atom. The van der Waals surface area contributed by atoms with Gasteiger partial charge in [-0.2, -0.15) is 0 Å². The van der Waals surface area contributed by atoms with Crippen LogP contribution >= 0.6 is 11.3 Å². The summed E-state index contributed by atoms with van der Waals surface area (Å²) < 4.78 is 2.00. The van der Waals surface area contributed by atoms with Crippen LogP contribution in [0.4, 0.5) is 0 Å². The van der Waals surface area contributed by atoms with Crippen molar-refractivity contribution in [2.24, 2.45) is 0 Å². The van der Waals surface area contributed by atoms with Crippen LogP contribution < -0.4 is 0 Å². The number of hydrogen-bond donors (Lipinski definition) is 0. The number of carbonyl (C=O) groups is 1. The summed E-state index contributed by atoms with van der Waals surface area (Å²) in [6.07, 6.45) is 6.08. The number of carbonyl (C=O) groups excluding carboxylic acids is 1. The lowest BCUT2D eigenvalue weighted by Crippen LogP contribution is -2.02. The molecule has 0 fully saturated rings. The number of thiazole rings is 1. The molecule has 2 heterocycles. The molecular weight excluding hydrogens is 196 g/mol. The number of ketones is 1. The SMILES string of the molecule is O=C(CCn1cccc1)c1cncs1. The van der Waals surface area contributed by atoms with E-state index in [-0.39, 0.29) is 5.78 Å². The summed E-state index contributed by atoms with van der Waals surface area (Å²) >= 11 is 1.40. The fourth-order valence-corrected chi connectivity index (χ4v) is 1.82. The van der Waals surface area contributed by atoms with Crippen LogP contribution in [0.3, 0.4) is 0 Å². The Kier molecular flexibility index (Phi) is 2.74. The van der Waals surface area contributed by atoms with Gasteiger partial charge in [-0.1, -0.05) is 0 Å². The van der Waals surface area contributed by atoms with E-state index in [2.05, 4.69) is 4.98 Å². The summed E-state index contributed by atoms with van der Waals surface area (Å²) in [7, 11) is 0. The van der Waals surface area contributed by atoms with E-state index in [0.717, 1.165) is 11.4 Å². The highest BCUT2D eigenvalue weighted by atomic mass is 32.1. The van der Waals surface area contributed by atoms with Gasteiger partial charge in [-0.15, -0.1) is 11.3 Å². The minimum Gasteiger partial charge on any atom is -0.354 e. The lowest BCUT2D eigenvalue weighted by Gasteiger charge is -1.99. The Hall–Kier alpha value is -1.42. The van der Waals surface area contributed by atoms with Crippen molar-refractivity contribution in [3.05, 3.63) is 41.1 Å². The molecule has 2 aromatic rings. The minimum absolute atomic E-state index is 0.168. The molecule has 2 rings (SSSR count). The van der Waals surface area contributed by atoms with Crippen LogP contribution in [0.15, 0.2) is 36.2 Å². The van der Waals surface area contributed by atoms with Crippen molar-refractivity contribution in [2.45, 2.75) is 13.0 Å². The van der Waals surface area contributed by atoms with Gasteiger partial charge in [0.15, 0.2) is 5.78 Å². The summed E-state index contributed by atoms with van der Waals surface area (Å²) in [6.45, 7) is 0.740. The van der Waals surface area contributed by atoms with Gasteiger partial charge in [-0.25, -0.2) is 0 Å². The lowest BCUT2D eigenvalue weighted by atomic mass is 10.2. The predicted octanol–water partition coefficient (Wildman–Crippen LogP) is 2.22. The van der Waals surface area contributed by atoms with Crippen LogP contribution in [-0.2, 0) is 6.54 Å². The number of rotatable bonds is 4. The Morgan fingerprint density at radius 2 is 2.21 bits per heavy atom. The highest BCUT2D eigenvalue weighted by Gasteiger charge is 2.06. The molecular formula is C10H10N2OS. The highest BCUT2D eigenvalue weighted by molar-refractivity contribution is 7.11. The van der Waals surface area contributed by atoms with E-state index in [9.17, 15) is 4.79 Å². The van der Waals surface area contributed by atoms with Crippen molar-refractivity contribution < 1.29 is 4.79 Å². The summed E-state index contributed by atoms with van der Waals surface area (Å²) in [6, 6.07) is 3.91. The van der Waals surface area contributed by atoms with Crippen LogP contribution in [-0.4, -0.2) is 15.3 Å².